The molecule has 1 unspecified atom stereocenters. The molecule has 0 spiro atoms. The molecule has 0 aromatic carbocycles. The van der Waals surface area contributed by atoms with Gasteiger partial charge in [0, 0.05) is 13.6 Å². The lowest BCUT2D eigenvalue weighted by Gasteiger charge is -2.31. The predicted octanol–water partition coefficient (Wildman–Crippen LogP) is 0.946. The van der Waals surface area contributed by atoms with Gasteiger partial charge in [-0.2, -0.15) is 0 Å². The van der Waals surface area contributed by atoms with Crippen LogP contribution in [0.4, 0.5) is 0 Å². The first-order chi connectivity index (χ1) is 7.19. The quantitative estimate of drug-likeness (QED) is 0.739. The fraction of sp³-hybridized carbons (Fsp3) is 0.917. The second-order valence-corrected chi connectivity index (χ2v) is 5.27. The lowest BCUT2D eigenvalue weighted by Crippen LogP contribution is -2.48. The van der Waals surface area contributed by atoms with E-state index in [-0.39, 0.29) is 11.9 Å². The zero-order valence-electron chi connectivity index (χ0n) is 11.4. The maximum absolute atomic E-state index is 12.1. The summed E-state index contributed by atoms with van der Waals surface area (Å²) in [7, 11) is 5.57. The molecule has 0 aromatic rings. The number of amides is 1. The third-order valence-electron chi connectivity index (χ3n) is 2.47. The molecule has 0 aliphatic carbocycles. The third kappa shape index (κ3) is 5.47. The Bertz CT molecular complexity index is 222. The zero-order chi connectivity index (χ0) is 12.9. The van der Waals surface area contributed by atoms with E-state index in [9.17, 15) is 9.90 Å². The second-order valence-electron chi connectivity index (χ2n) is 5.27. The predicted molar refractivity (Wildman–Crippen MR) is 66.3 cm³/mol. The minimum atomic E-state index is -0.840. The van der Waals surface area contributed by atoms with Crippen molar-refractivity contribution in [2.45, 2.75) is 45.3 Å². The molecule has 1 N–H and O–H groups in total. The molecule has 0 saturated carbocycles. The van der Waals surface area contributed by atoms with E-state index in [4.69, 9.17) is 0 Å². The molecule has 1 amide bonds. The van der Waals surface area contributed by atoms with E-state index in [0.717, 1.165) is 12.8 Å². The van der Waals surface area contributed by atoms with Crippen LogP contribution >= 0.6 is 0 Å². The van der Waals surface area contributed by atoms with Gasteiger partial charge < -0.3 is 10.0 Å². The van der Waals surface area contributed by atoms with Gasteiger partial charge in [0.1, 0.15) is 0 Å². The van der Waals surface area contributed by atoms with Crippen molar-refractivity contribution in [3.05, 3.63) is 0 Å². The average molecular weight is 230 g/mol. The third-order valence-corrected chi connectivity index (χ3v) is 2.47. The van der Waals surface area contributed by atoms with Crippen LogP contribution in [0.2, 0.25) is 0 Å². The molecule has 0 aromatic heterocycles. The van der Waals surface area contributed by atoms with Gasteiger partial charge in [-0.25, -0.2) is 0 Å². The lowest BCUT2D eigenvalue weighted by atomic mass is 10.1. The van der Waals surface area contributed by atoms with Crippen molar-refractivity contribution in [1.82, 2.24) is 9.80 Å². The maximum atomic E-state index is 12.1. The maximum Gasteiger partial charge on any atom is 0.239 e. The first kappa shape index (κ1) is 15.4. The van der Waals surface area contributed by atoms with Crippen LogP contribution in [-0.2, 0) is 4.79 Å². The van der Waals surface area contributed by atoms with Crippen LogP contribution in [0.5, 0.6) is 0 Å². The molecule has 0 fully saturated rings. The van der Waals surface area contributed by atoms with Crippen molar-refractivity contribution >= 4 is 5.91 Å². The van der Waals surface area contributed by atoms with Crippen LogP contribution < -0.4 is 0 Å². The van der Waals surface area contributed by atoms with E-state index in [1.165, 1.54) is 0 Å². The van der Waals surface area contributed by atoms with Crippen molar-refractivity contribution in [3.63, 3.8) is 0 Å². The fourth-order valence-corrected chi connectivity index (χ4v) is 1.79. The minimum Gasteiger partial charge on any atom is -0.389 e. The topological polar surface area (TPSA) is 43.8 Å². The summed E-state index contributed by atoms with van der Waals surface area (Å²) >= 11 is 0. The number of likely N-dealkylation sites (N-methyl/N-ethyl adjacent to an activating group) is 2. The van der Waals surface area contributed by atoms with Gasteiger partial charge in [0.15, 0.2) is 0 Å². The van der Waals surface area contributed by atoms with E-state index in [0.29, 0.717) is 6.54 Å². The summed E-state index contributed by atoms with van der Waals surface area (Å²) in [5.41, 5.74) is -0.840. The Morgan fingerprint density at radius 1 is 1.31 bits per heavy atom. The molecule has 0 saturated heterocycles. The van der Waals surface area contributed by atoms with Crippen molar-refractivity contribution in [2.24, 2.45) is 0 Å². The zero-order valence-corrected chi connectivity index (χ0v) is 11.4. The average Bonchev–Trinajstić information content (AvgIpc) is 2.09. The molecule has 0 heterocycles. The number of nitrogens with zero attached hydrogens (tertiary/aromatic N) is 2. The van der Waals surface area contributed by atoms with Gasteiger partial charge in [-0.05, 0) is 34.4 Å². The van der Waals surface area contributed by atoms with Crippen LogP contribution in [0.1, 0.15) is 33.6 Å². The van der Waals surface area contributed by atoms with Crippen LogP contribution in [0.3, 0.4) is 0 Å². The Morgan fingerprint density at radius 2 is 1.81 bits per heavy atom. The highest BCUT2D eigenvalue weighted by Gasteiger charge is 2.26. The standard InChI is InChI=1S/C12H26N2O2/c1-7-8-10(13(4)5)11(15)14(6)9-12(2,3)16/h10,16H,7-9H2,1-6H3. The summed E-state index contributed by atoms with van der Waals surface area (Å²) in [5.74, 6) is 0.0778. The van der Waals surface area contributed by atoms with Crippen LogP contribution in [0, 0.1) is 0 Å². The van der Waals surface area contributed by atoms with Gasteiger partial charge in [-0.15, -0.1) is 0 Å². The number of hydrogen-bond acceptors (Lipinski definition) is 3. The number of carbonyl (C=O) groups is 1. The minimum absolute atomic E-state index is 0.0778. The Kier molecular flexibility index (Phi) is 5.97. The van der Waals surface area contributed by atoms with Gasteiger partial charge in [0.2, 0.25) is 5.91 Å². The van der Waals surface area contributed by atoms with Gasteiger partial charge in [0.05, 0.1) is 11.6 Å². The second kappa shape index (κ2) is 6.21. The Labute approximate surface area is 99.2 Å². The molecule has 0 aliphatic heterocycles. The van der Waals surface area contributed by atoms with Crippen LogP contribution in [0.25, 0.3) is 0 Å². The van der Waals surface area contributed by atoms with Crippen molar-refractivity contribution in [1.29, 1.82) is 0 Å². The van der Waals surface area contributed by atoms with Gasteiger partial charge in [-0.3, -0.25) is 9.69 Å². The Balaban J connectivity index is 4.49. The largest absolute Gasteiger partial charge is 0.389 e. The monoisotopic (exact) mass is 230 g/mol. The molecule has 4 nitrogen and oxygen atoms in total. The molecular formula is C12H26N2O2. The van der Waals surface area contributed by atoms with Gasteiger partial charge in [0.25, 0.3) is 0 Å². The summed E-state index contributed by atoms with van der Waals surface area (Å²) < 4.78 is 0. The van der Waals surface area contributed by atoms with Crippen LogP contribution in [0.15, 0.2) is 0 Å². The number of aliphatic hydroxyl groups is 1. The first-order valence-electron chi connectivity index (χ1n) is 5.82. The smallest absolute Gasteiger partial charge is 0.239 e. The van der Waals surface area contributed by atoms with E-state index < -0.39 is 5.60 Å². The van der Waals surface area contributed by atoms with E-state index in [2.05, 4.69) is 6.92 Å². The number of carbonyl (C=O) groups excluding carboxylic acids is 1. The number of rotatable bonds is 6. The highest BCUT2D eigenvalue weighted by atomic mass is 16.3. The summed E-state index contributed by atoms with van der Waals surface area (Å²) in [5, 5.41) is 9.68. The molecule has 0 radical (unpaired) electrons. The summed E-state index contributed by atoms with van der Waals surface area (Å²) in [4.78, 5) is 15.7. The summed E-state index contributed by atoms with van der Waals surface area (Å²) in [6.45, 7) is 5.85. The Hall–Kier alpha value is -0.610. The Morgan fingerprint density at radius 3 is 2.12 bits per heavy atom. The van der Waals surface area contributed by atoms with Crippen molar-refractivity contribution < 1.29 is 9.90 Å². The normalized spacial score (nSPS) is 14.0. The first-order valence-corrected chi connectivity index (χ1v) is 5.82. The molecule has 0 bridgehead atoms. The van der Waals surface area contributed by atoms with E-state index >= 15 is 0 Å². The van der Waals surface area contributed by atoms with Crippen molar-refractivity contribution in [3.8, 4) is 0 Å². The summed E-state index contributed by atoms with van der Waals surface area (Å²) in [6, 6.07) is -0.0858. The van der Waals surface area contributed by atoms with E-state index in [1.807, 2.05) is 19.0 Å². The summed E-state index contributed by atoms with van der Waals surface area (Å²) in [6.07, 6.45) is 1.83. The number of hydrogen-bond donors (Lipinski definition) is 1. The van der Waals surface area contributed by atoms with Gasteiger partial charge in [-0.1, -0.05) is 13.3 Å². The molecule has 0 aliphatic rings. The fourth-order valence-electron chi connectivity index (χ4n) is 1.79. The molecule has 96 valence electrons. The lowest BCUT2D eigenvalue weighted by molar-refractivity contribution is -0.137. The molecule has 4 heteroatoms. The van der Waals surface area contributed by atoms with Crippen LogP contribution in [-0.4, -0.2) is 60.1 Å². The SMILES string of the molecule is CCCC(C(=O)N(C)CC(C)(C)O)N(C)C. The molecule has 0 rings (SSSR count). The highest BCUT2D eigenvalue weighted by molar-refractivity contribution is 5.81. The molecular weight excluding hydrogens is 204 g/mol. The van der Waals surface area contributed by atoms with Crippen molar-refractivity contribution in [2.75, 3.05) is 27.7 Å². The highest BCUT2D eigenvalue weighted by Crippen LogP contribution is 2.10. The molecule has 1 atom stereocenters. The van der Waals surface area contributed by atoms with Gasteiger partial charge >= 0.3 is 0 Å². The van der Waals surface area contributed by atoms with E-state index in [1.54, 1.807) is 25.8 Å². The molecule has 16 heavy (non-hydrogen) atoms.